The van der Waals surface area contributed by atoms with Crippen molar-refractivity contribution >= 4 is 42.8 Å². The lowest BCUT2D eigenvalue weighted by Gasteiger charge is -2.47. The van der Waals surface area contributed by atoms with Gasteiger partial charge in [-0.15, -0.1) is 0 Å². The molecule has 0 amide bonds. The summed E-state index contributed by atoms with van der Waals surface area (Å²) >= 11 is 0. The average Bonchev–Trinajstić information content (AvgIpc) is 3.52. The van der Waals surface area contributed by atoms with Crippen LogP contribution in [-0.2, 0) is 26.2 Å². The molecule has 231 valence electrons. The van der Waals surface area contributed by atoms with E-state index in [1.807, 2.05) is 0 Å². The van der Waals surface area contributed by atoms with Crippen LogP contribution in [0.3, 0.4) is 0 Å². The van der Waals surface area contributed by atoms with Gasteiger partial charge in [0.1, 0.15) is 0 Å². The van der Waals surface area contributed by atoms with Gasteiger partial charge in [-0.05, 0) is 100 Å². The Kier molecular flexibility index (Phi) is 10.8. The van der Waals surface area contributed by atoms with Crippen LogP contribution in [-0.4, -0.2) is 76.3 Å². The van der Waals surface area contributed by atoms with Crippen LogP contribution in [0.5, 0.6) is 0 Å². The predicted molar refractivity (Wildman–Crippen MR) is 175 cm³/mol. The van der Waals surface area contributed by atoms with Crippen LogP contribution >= 0.6 is 0 Å². The Morgan fingerprint density at radius 1 is 1.00 bits per heavy atom. The fourth-order valence-corrected chi connectivity index (χ4v) is 36.3. The smallest absolute Gasteiger partial charge is 0.371 e. The van der Waals surface area contributed by atoms with Gasteiger partial charge in [0, 0.05) is 32.7 Å². The highest BCUT2D eigenvalue weighted by Gasteiger charge is 2.62. The summed E-state index contributed by atoms with van der Waals surface area (Å²) in [4.78, 5) is 0. The monoisotopic (exact) mass is 643 g/mol. The molecule has 2 bridgehead atoms. The Hall–Kier alpha value is 0.584. The first kappa shape index (κ1) is 33.5. The van der Waals surface area contributed by atoms with E-state index in [0.29, 0.717) is 11.5 Å². The Morgan fingerprint density at radius 2 is 1.73 bits per heavy atom. The van der Waals surface area contributed by atoms with Gasteiger partial charge in [0.15, 0.2) is 8.32 Å². The fourth-order valence-electron chi connectivity index (χ4n) is 8.66. The SMILES string of the molecule is CCC1(COCCC[Si](C)(O[Si](C)(C)C[Si](C)(C)C)O[Si](C)(O[Si](C)OC)C2CC3CC2C2C=CCC32)COC1. The van der Waals surface area contributed by atoms with Gasteiger partial charge in [0.05, 0.1) is 19.8 Å². The van der Waals surface area contributed by atoms with Crippen molar-refractivity contribution in [1.29, 1.82) is 0 Å². The highest BCUT2D eigenvalue weighted by Crippen LogP contribution is 2.64. The van der Waals surface area contributed by atoms with Crippen molar-refractivity contribution in [3.63, 3.8) is 0 Å². The van der Waals surface area contributed by atoms with Gasteiger partial charge < -0.3 is 26.2 Å². The minimum absolute atomic E-state index is 0.229. The molecule has 7 unspecified atom stereocenters. The van der Waals surface area contributed by atoms with Gasteiger partial charge in [0.25, 0.3) is 0 Å². The fraction of sp³-hybridized carbons (Fsp3) is 0.931. The normalized spacial score (nSPS) is 32.2. The molecule has 1 aliphatic heterocycles. The Labute approximate surface area is 251 Å². The van der Waals surface area contributed by atoms with Gasteiger partial charge >= 0.3 is 26.4 Å². The summed E-state index contributed by atoms with van der Waals surface area (Å²) in [5, 5.41) is 0. The summed E-state index contributed by atoms with van der Waals surface area (Å²) in [5.74, 6) is 3.10. The topological polar surface area (TPSA) is 55.4 Å². The molecule has 1 radical (unpaired) electrons. The lowest BCUT2D eigenvalue weighted by Crippen LogP contribution is -2.61. The molecule has 6 nitrogen and oxygen atoms in total. The van der Waals surface area contributed by atoms with E-state index < -0.39 is 42.8 Å². The van der Waals surface area contributed by atoms with E-state index in [9.17, 15) is 0 Å². The molecule has 0 aromatic rings. The third-order valence-corrected chi connectivity index (χ3v) is 31.6. The van der Waals surface area contributed by atoms with Gasteiger partial charge in [0.2, 0.25) is 0 Å². The van der Waals surface area contributed by atoms with E-state index >= 15 is 0 Å². The first-order valence-electron chi connectivity index (χ1n) is 15.9. The quantitative estimate of drug-likeness (QED) is 0.0932. The molecule has 3 fully saturated rings. The van der Waals surface area contributed by atoms with Crippen LogP contribution in [0, 0.1) is 29.1 Å². The molecule has 0 aromatic carbocycles. The van der Waals surface area contributed by atoms with Crippen LogP contribution < -0.4 is 0 Å². The van der Waals surface area contributed by atoms with Crippen molar-refractivity contribution in [2.75, 3.05) is 33.5 Å². The van der Waals surface area contributed by atoms with Gasteiger partial charge in [-0.25, -0.2) is 0 Å². The van der Waals surface area contributed by atoms with E-state index in [4.69, 9.17) is 26.2 Å². The summed E-state index contributed by atoms with van der Waals surface area (Å²) in [6, 6.07) is 0.961. The number of ether oxygens (including phenoxy) is 2. The van der Waals surface area contributed by atoms with E-state index in [2.05, 4.69) is 71.5 Å². The van der Waals surface area contributed by atoms with Crippen molar-refractivity contribution in [2.45, 2.75) is 109 Å². The molecule has 4 rings (SSSR count). The van der Waals surface area contributed by atoms with Crippen molar-refractivity contribution in [1.82, 2.24) is 0 Å². The second kappa shape index (κ2) is 12.9. The van der Waals surface area contributed by atoms with Crippen molar-refractivity contribution in [3.05, 3.63) is 12.2 Å². The first-order chi connectivity index (χ1) is 18.6. The van der Waals surface area contributed by atoms with Crippen molar-refractivity contribution in [2.24, 2.45) is 29.1 Å². The largest absolute Gasteiger partial charge is 0.437 e. The number of rotatable bonds is 17. The van der Waals surface area contributed by atoms with Crippen LogP contribution in [0.4, 0.5) is 0 Å². The Bertz CT molecular complexity index is 874. The maximum atomic E-state index is 7.56. The zero-order chi connectivity index (χ0) is 29.4. The van der Waals surface area contributed by atoms with E-state index in [1.165, 1.54) is 24.9 Å². The standard InChI is InChI=1S/C29H59O6Si5/c1-11-29(21-32-22-29)20-31-16-13-17-39(9,34-38(7,8)23-37(4,5)6)35-40(10,33-36(3)30-2)28-19-24-18-27(28)26-15-12-14-25(24)26/h12,15,24-28H,11,13-14,16-23H2,1-10H3. The number of hydrogen-bond acceptors (Lipinski definition) is 6. The molecule has 0 aromatic heterocycles. The maximum absolute atomic E-state index is 7.56. The average molecular weight is 644 g/mol. The number of allylic oxidation sites excluding steroid dienone is 2. The van der Waals surface area contributed by atoms with Crippen molar-refractivity contribution < 1.29 is 26.2 Å². The summed E-state index contributed by atoms with van der Waals surface area (Å²) in [6.07, 6.45) is 10.9. The van der Waals surface area contributed by atoms with Gasteiger partial charge in [-0.3, -0.25) is 0 Å². The number of hydrogen-bond donors (Lipinski definition) is 0. The van der Waals surface area contributed by atoms with Gasteiger partial charge in [-0.1, -0.05) is 38.7 Å². The zero-order valence-electron chi connectivity index (χ0n) is 27.3. The second-order valence-electron chi connectivity index (χ2n) is 15.6. The molecular weight excluding hydrogens is 585 g/mol. The van der Waals surface area contributed by atoms with Crippen molar-refractivity contribution in [3.8, 4) is 0 Å². The molecule has 40 heavy (non-hydrogen) atoms. The molecule has 1 heterocycles. The lowest BCUT2D eigenvalue weighted by atomic mass is 9.81. The molecule has 3 aliphatic carbocycles. The summed E-state index contributed by atoms with van der Waals surface area (Å²) in [7, 11) is -7.97. The van der Waals surface area contributed by atoms with Crippen LogP contribution in [0.2, 0.25) is 69.6 Å². The molecule has 7 atom stereocenters. The molecule has 4 aliphatic rings. The van der Waals surface area contributed by atoms with Gasteiger partial charge in [-0.2, -0.15) is 0 Å². The molecule has 0 N–H and O–H groups in total. The molecular formula is C29H59O6Si5. The predicted octanol–water partition coefficient (Wildman–Crippen LogP) is 7.46. The van der Waals surface area contributed by atoms with E-state index in [1.54, 1.807) is 7.11 Å². The highest BCUT2D eigenvalue weighted by atomic mass is 28.5. The third kappa shape index (κ3) is 7.99. The highest BCUT2D eigenvalue weighted by molar-refractivity contribution is 6.96. The first-order valence-corrected chi connectivity index (χ1v) is 29.5. The second-order valence-corrected chi connectivity index (χ2v) is 35.0. The lowest BCUT2D eigenvalue weighted by molar-refractivity contribution is -0.150. The maximum Gasteiger partial charge on any atom is 0.371 e. The summed E-state index contributed by atoms with van der Waals surface area (Å²) in [5.41, 5.74) is 2.00. The molecule has 1 saturated heterocycles. The minimum atomic E-state index is -2.61. The zero-order valence-corrected chi connectivity index (χ0v) is 32.3. The van der Waals surface area contributed by atoms with E-state index in [0.717, 1.165) is 63.1 Å². The van der Waals surface area contributed by atoms with Crippen LogP contribution in [0.15, 0.2) is 12.2 Å². The summed E-state index contributed by atoms with van der Waals surface area (Å²) in [6.45, 7) is 24.6. The molecule has 2 saturated carbocycles. The minimum Gasteiger partial charge on any atom is -0.437 e. The Balaban J connectivity index is 1.51. The number of fused-ring (bicyclic) bond motifs is 5. The van der Waals surface area contributed by atoms with Crippen LogP contribution in [0.1, 0.15) is 39.0 Å². The summed E-state index contributed by atoms with van der Waals surface area (Å²) < 4.78 is 39.5. The molecule has 11 heteroatoms. The van der Waals surface area contributed by atoms with E-state index in [-0.39, 0.29) is 5.41 Å². The van der Waals surface area contributed by atoms with Crippen LogP contribution in [0.25, 0.3) is 0 Å². The Morgan fingerprint density at radius 3 is 2.33 bits per heavy atom. The third-order valence-electron chi connectivity index (χ3n) is 10.1. The molecule has 0 spiro atoms.